The van der Waals surface area contributed by atoms with Gasteiger partial charge in [-0.1, -0.05) is 12.1 Å². The maximum Gasteiger partial charge on any atom is 0.412 e. The molecule has 0 radical (unpaired) electrons. The van der Waals surface area contributed by atoms with Crippen molar-refractivity contribution in [3.63, 3.8) is 0 Å². The molecule has 0 saturated carbocycles. The van der Waals surface area contributed by atoms with Crippen molar-refractivity contribution in [1.82, 2.24) is 9.47 Å². The van der Waals surface area contributed by atoms with Crippen LogP contribution in [0.5, 0.6) is 0 Å². The van der Waals surface area contributed by atoms with Crippen molar-refractivity contribution in [2.75, 3.05) is 11.9 Å². The summed E-state index contributed by atoms with van der Waals surface area (Å²) in [6.45, 7) is 5.56. The Balaban J connectivity index is 1.65. The molecule has 3 amide bonds. The number of aromatic carboxylic acids is 1. The molecule has 0 atom stereocenters. The summed E-state index contributed by atoms with van der Waals surface area (Å²) in [7, 11) is 0. The monoisotopic (exact) mass is 413 g/mol. The highest BCUT2D eigenvalue weighted by Crippen LogP contribution is 2.23. The van der Waals surface area contributed by atoms with Gasteiger partial charge in [0, 0.05) is 19.3 Å². The molecular formula is C21H23N3O6. The fourth-order valence-electron chi connectivity index (χ4n) is 3.21. The van der Waals surface area contributed by atoms with Crippen molar-refractivity contribution in [2.45, 2.75) is 39.3 Å². The van der Waals surface area contributed by atoms with E-state index in [2.05, 4.69) is 5.32 Å². The zero-order valence-corrected chi connectivity index (χ0v) is 17.0. The Kier molecular flexibility index (Phi) is 5.64. The van der Waals surface area contributed by atoms with Gasteiger partial charge in [-0.05, 0) is 45.4 Å². The van der Waals surface area contributed by atoms with E-state index in [1.54, 1.807) is 45.0 Å². The first-order chi connectivity index (χ1) is 14.1. The lowest BCUT2D eigenvalue weighted by molar-refractivity contribution is 0.0627. The molecule has 0 unspecified atom stereocenters. The number of nitrogens with one attached hydrogen (secondary N) is 1. The van der Waals surface area contributed by atoms with Gasteiger partial charge in [-0.25, -0.2) is 9.59 Å². The summed E-state index contributed by atoms with van der Waals surface area (Å²) in [5, 5.41) is 11.9. The third-order valence-electron chi connectivity index (χ3n) is 4.42. The van der Waals surface area contributed by atoms with Crippen LogP contribution in [0, 0.1) is 0 Å². The van der Waals surface area contributed by atoms with E-state index in [0.717, 1.165) is 4.90 Å². The van der Waals surface area contributed by atoms with E-state index in [0.29, 0.717) is 17.5 Å². The number of imide groups is 1. The fourth-order valence-corrected chi connectivity index (χ4v) is 3.21. The fraction of sp³-hybridized carbons (Fsp3) is 0.333. The van der Waals surface area contributed by atoms with Crippen LogP contribution < -0.4 is 5.32 Å². The molecule has 30 heavy (non-hydrogen) atoms. The molecule has 0 bridgehead atoms. The minimum atomic E-state index is -1.16. The second kappa shape index (κ2) is 8.02. The van der Waals surface area contributed by atoms with E-state index in [9.17, 15) is 24.3 Å². The molecule has 0 spiro atoms. The number of anilines is 1. The van der Waals surface area contributed by atoms with E-state index in [1.165, 1.54) is 16.8 Å². The van der Waals surface area contributed by atoms with Crippen LogP contribution in [-0.2, 0) is 11.3 Å². The number of benzene rings is 1. The molecule has 1 aliphatic rings. The normalized spacial score (nSPS) is 13.4. The van der Waals surface area contributed by atoms with Crippen LogP contribution in [0.1, 0.15) is 58.4 Å². The highest BCUT2D eigenvalue weighted by Gasteiger charge is 2.34. The highest BCUT2D eigenvalue weighted by atomic mass is 16.6. The van der Waals surface area contributed by atoms with Gasteiger partial charge in [-0.3, -0.25) is 19.8 Å². The molecule has 0 saturated heterocycles. The Morgan fingerprint density at radius 2 is 1.67 bits per heavy atom. The summed E-state index contributed by atoms with van der Waals surface area (Å²) in [4.78, 5) is 49.4. The number of hydrogen-bond acceptors (Lipinski definition) is 5. The van der Waals surface area contributed by atoms with Gasteiger partial charge < -0.3 is 14.4 Å². The molecule has 1 aromatic heterocycles. The number of aryl methyl sites for hydroxylation is 1. The second-order valence-electron chi connectivity index (χ2n) is 7.90. The number of hydrogen-bond donors (Lipinski definition) is 2. The average Bonchev–Trinajstić information content (AvgIpc) is 3.15. The lowest BCUT2D eigenvalue weighted by Gasteiger charge is -2.19. The van der Waals surface area contributed by atoms with Gasteiger partial charge in [-0.2, -0.15) is 0 Å². The minimum Gasteiger partial charge on any atom is -0.477 e. The molecule has 9 nitrogen and oxygen atoms in total. The van der Waals surface area contributed by atoms with Crippen LogP contribution in [0.2, 0.25) is 0 Å². The molecule has 0 aliphatic carbocycles. The quantitative estimate of drug-likeness (QED) is 0.702. The Morgan fingerprint density at radius 3 is 2.20 bits per heavy atom. The van der Waals surface area contributed by atoms with Crippen LogP contribution in [0.3, 0.4) is 0 Å². The van der Waals surface area contributed by atoms with Gasteiger partial charge in [0.1, 0.15) is 11.3 Å². The van der Waals surface area contributed by atoms with Crippen molar-refractivity contribution in [3.8, 4) is 0 Å². The molecule has 9 heteroatoms. The Morgan fingerprint density at radius 1 is 1.07 bits per heavy atom. The van der Waals surface area contributed by atoms with Crippen LogP contribution in [0.25, 0.3) is 0 Å². The Labute approximate surface area is 173 Å². The lowest BCUT2D eigenvalue weighted by atomic mass is 10.1. The number of amides is 3. The summed E-state index contributed by atoms with van der Waals surface area (Å²) in [5.74, 6) is -1.87. The van der Waals surface area contributed by atoms with Crippen molar-refractivity contribution in [1.29, 1.82) is 0 Å². The van der Waals surface area contributed by atoms with Crippen LogP contribution in [-0.4, -0.2) is 50.6 Å². The summed E-state index contributed by atoms with van der Waals surface area (Å²) in [5.41, 5.74) is 0.317. The van der Waals surface area contributed by atoms with Gasteiger partial charge >= 0.3 is 12.1 Å². The largest absolute Gasteiger partial charge is 0.477 e. The van der Waals surface area contributed by atoms with E-state index in [4.69, 9.17) is 4.74 Å². The minimum absolute atomic E-state index is 0.0246. The zero-order valence-electron chi connectivity index (χ0n) is 17.0. The van der Waals surface area contributed by atoms with Gasteiger partial charge in [0.05, 0.1) is 16.8 Å². The molecular weight excluding hydrogens is 390 g/mol. The lowest BCUT2D eigenvalue weighted by Crippen LogP contribution is -2.31. The molecule has 2 aromatic rings. The molecule has 2 heterocycles. The Hall–Kier alpha value is -3.62. The SMILES string of the molecule is CC(C)(C)OC(=O)Nc1cc(C(=O)O)n(CCCN2C(=O)c3ccccc3C2=O)c1. The number of carbonyl (C=O) groups is 4. The van der Waals surface area contributed by atoms with Crippen molar-refractivity contribution >= 4 is 29.6 Å². The third kappa shape index (κ3) is 4.51. The van der Waals surface area contributed by atoms with Gasteiger partial charge in [0.25, 0.3) is 11.8 Å². The number of carboxylic acids is 1. The maximum atomic E-state index is 12.4. The molecule has 1 aromatic carbocycles. The predicted octanol–water partition coefficient (Wildman–Crippen LogP) is 3.22. The summed E-state index contributed by atoms with van der Waals surface area (Å²) in [6, 6.07) is 7.95. The third-order valence-corrected chi connectivity index (χ3v) is 4.42. The first-order valence-electron chi connectivity index (χ1n) is 9.45. The Bertz CT molecular complexity index is 983. The summed E-state index contributed by atoms with van der Waals surface area (Å²) >= 11 is 0. The molecule has 1 aliphatic heterocycles. The highest BCUT2D eigenvalue weighted by molar-refractivity contribution is 6.21. The van der Waals surface area contributed by atoms with Crippen molar-refractivity contribution < 1.29 is 29.0 Å². The average molecular weight is 413 g/mol. The smallest absolute Gasteiger partial charge is 0.412 e. The number of ether oxygens (including phenoxy) is 1. The zero-order chi connectivity index (χ0) is 22.1. The maximum absolute atomic E-state index is 12.4. The topological polar surface area (TPSA) is 118 Å². The molecule has 0 fully saturated rings. The molecule has 158 valence electrons. The number of carbonyl (C=O) groups excluding carboxylic acids is 3. The van der Waals surface area contributed by atoms with Crippen LogP contribution >= 0.6 is 0 Å². The van der Waals surface area contributed by atoms with Crippen molar-refractivity contribution in [2.24, 2.45) is 0 Å². The number of carboxylic acid groups (broad SMARTS) is 1. The van der Waals surface area contributed by atoms with E-state index in [1.807, 2.05) is 0 Å². The standard InChI is InChI=1S/C21H23N3O6/c1-21(2,3)30-20(29)22-13-11-16(19(27)28)23(12-13)9-6-10-24-17(25)14-7-4-5-8-15(14)18(24)26/h4-5,7-8,11-12H,6,9-10H2,1-3H3,(H,22,29)(H,27,28). The van der Waals surface area contributed by atoms with Crippen LogP contribution in [0.15, 0.2) is 36.5 Å². The molecule has 3 rings (SSSR count). The van der Waals surface area contributed by atoms with Crippen LogP contribution in [0.4, 0.5) is 10.5 Å². The van der Waals surface area contributed by atoms with Gasteiger partial charge in [-0.15, -0.1) is 0 Å². The van der Waals surface area contributed by atoms with Gasteiger partial charge in [0.15, 0.2) is 0 Å². The summed E-state index contributed by atoms with van der Waals surface area (Å²) < 4.78 is 6.62. The second-order valence-corrected chi connectivity index (χ2v) is 7.90. The number of fused-ring (bicyclic) bond motifs is 1. The first kappa shape index (κ1) is 21.1. The first-order valence-corrected chi connectivity index (χ1v) is 9.45. The number of nitrogens with zero attached hydrogens (tertiary/aromatic N) is 2. The van der Waals surface area contributed by atoms with E-state index >= 15 is 0 Å². The number of rotatable bonds is 6. The van der Waals surface area contributed by atoms with E-state index in [-0.39, 0.29) is 36.3 Å². The predicted molar refractivity (Wildman–Crippen MR) is 108 cm³/mol. The van der Waals surface area contributed by atoms with E-state index < -0.39 is 17.7 Å². The number of aromatic nitrogens is 1. The summed E-state index contributed by atoms with van der Waals surface area (Å²) in [6.07, 6.45) is 1.14. The van der Waals surface area contributed by atoms with Crippen molar-refractivity contribution in [3.05, 3.63) is 53.3 Å². The molecule has 2 N–H and O–H groups in total. The van der Waals surface area contributed by atoms with Gasteiger partial charge in [0.2, 0.25) is 0 Å².